The molecule has 0 saturated carbocycles. The number of carbonyl (C=O) groups is 1. The van der Waals surface area contributed by atoms with Gasteiger partial charge in [0.25, 0.3) is 0 Å². The van der Waals surface area contributed by atoms with Crippen molar-refractivity contribution in [3.05, 3.63) is 93.5 Å². The van der Waals surface area contributed by atoms with E-state index in [4.69, 9.17) is 0 Å². The Labute approximate surface area is 177 Å². The van der Waals surface area contributed by atoms with Crippen LogP contribution in [0.2, 0.25) is 0 Å². The Bertz CT molecular complexity index is 1050. The van der Waals surface area contributed by atoms with Crippen molar-refractivity contribution in [2.75, 3.05) is 0 Å². The fraction of sp³-hybridized carbons (Fsp3) is 0.105. The molecule has 3 nitrogen and oxygen atoms in total. The molecule has 0 radical (unpaired) electrons. The van der Waals surface area contributed by atoms with Crippen LogP contribution < -0.4 is 0 Å². The lowest BCUT2D eigenvalue weighted by Gasteiger charge is -2.08. The molecule has 0 bridgehead atoms. The Morgan fingerprint density at radius 3 is 1.71 bits per heavy atom. The van der Waals surface area contributed by atoms with Gasteiger partial charge in [0.2, 0.25) is 11.6 Å². The number of hydrogen-bond acceptors (Lipinski definition) is 3. The number of alkyl halides is 6. The van der Waals surface area contributed by atoms with Gasteiger partial charge in [0, 0.05) is 22.4 Å². The molecule has 12 heteroatoms. The zero-order valence-corrected chi connectivity index (χ0v) is 16.5. The summed E-state index contributed by atoms with van der Waals surface area (Å²) >= 11 is 2.77. The molecule has 2 aromatic carbocycles. The highest BCUT2D eigenvalue weighted by atomic mass is 79.9. The monoisotopic (exact) mass is 512 g/mol. The minimum absolute atomic E-state index is 0.0785. The second-order valence-electron chi connectivity index (χ2n) is 5.78. The van der Waals surface area contributed by atoms with Gasteiger partial charge in [0.15, 0.2) is 0 Å². The zero-order valence-electron chi connectivity index (χ0n) is 14.9. The molecule has 0 aliphatic rings. The van der Waals surface area contributed by atoms with Crippen molar-refractivity contribution in [1.82, 2.24) is 9.97 Å². The fourth-order valence-corrected chi connectivity index (χ4v) is 2.61. The second kappa shape index (κ2) is 9.50. The van der Waals surface area contributed by atoms with Crippen LogP contribution in [-0.4, -0.2) is 15.8 Å². The zero-order chi connectivity index (χ0) is 23.4. The lowest BCUT2D eigenvalue weighted by molar-refractivity contribution is -0.138. The van der Waals surface area contributed by atoms with Crippen molar-refractivity contribution in [3.63, 3.8) is 0 Å². The van der Waals surface area contributed by atoms with Crippen molar-refractivity contribution in [3.8, 4) is 0 Å². The van der Waals surface area contributed by atoms with Crippen LogP contribution in [0.5, 0.6) is 0 Å². The predicted octanol–water partition coefficient (Wildman–Crippen LogP) is 6.47. The van der Waals surface area contributed by atoms with Crippen LogP contribution >= 0.6 is 15.9 Å². The summed E-state index contributed by atoms with van der Waals surface area (Å²) < 4.78 is 99.0. The number of nitrogens with zero attached hydrogens (tertiary/aromatic N) is 2. The molecule has 0 aliphatic heterocycles. The van der Waals surface area contributed by atoms with E-state index in [1.807, 2.05) is 0 Å². The van der Waals surface area contributed by atoms with E-state index < -0.39 is 46.5 Å². The first-order chi connectivity index (χ1) is 14.3. The third kappa shape index (κ3) is 7.09. The maximum Gasteiger partial charge on any atom is 0.416 e. The molecule has 3 aromatic rings. The highest BCUT2D eigenvalue weighted by Gasteiger charge is 2.32. The quantitative estimate of drug-likeness (QED) is 0.292. The molecule has 0 aliphatic carbocycles. The molecular weight excluding hydrogens is 504 g/mol. The summed E-state index contributed by atoms with van der Waals surface area (Å²) in [5, 5.41) is 0. The summed E-state index contributed by atoms with van der Waals surface area (Å²) in [5.41, 5.74) is -2.67. The first kappa shape index (κ1) is 24.4. The molecule has 0 unspecified atom stereocenters. The Kier molecular flexibility index (Phi) is 7.47. The Hall–Kier alpha value is -2.89. The summed E-state index contributed by atoms with van der Waals surface area (Å²) in [4.78, 5) is 19.0. The van der Waals surface area contributed by atoms with Gasteiger partial charge in [-0.3, -0.25) is 4.79 Å². The van der Waals surface area contributed by atoms with Gasteiger partial charge in [0.1, 0.15) is 11.6 Å². The Balaban J connectivity index is 0.000000245. The van der Waals surface area contributed by atoms with Gasteiger partial charge in [-0.25, -0.2) is 18.7 Å². The first-order valence-corrected chi connectivity index (χ1v) is 8.79. The van der Waals surface area contributed by atoms with Crippen molar-refractivity contribution in [2.24, 2.45) is 0 Å². The normalized spacial score (nSPS) is 11.5. The minimum atomic E-state index is -4.73. The first-order valence-electron chi connectivity index (χ1n) is 8.00. The maximum atomic E-state index is 13.1. The Morgan fingerprint density at radius 2 is 1.23 bits per heavy atom. The van der Waals surface area contributed by atoms with Crippen LogP contribution in [0.25, 0.3) is 0 Å². The number of benzene rings is 2. The summed E-state index contributed by atoms with van der Waals surface area (Å²) in [7, 11) is 0. The standard InChI is InChI=1S/C12H6F4N2O.C7H3BrF4/c13-9-5-7(4-8(6-9)12(14,15)16)10(19)11-17-2-1-3-18-11;8-5-1-4(7(10,11)12)2-6(9)3-5/h1-6H;1-3H. The van der Waals surface area contributed by atoms with Crippen molar-refractivity contribution in [2.45, 2.75) is 12.4 Å². The highest BCUT2D eigenvalue weighted by molar-refractivity contribution is 9.10. The largest absolute Gasteiger partial charge is 0.416 e. The van der Waals surface area contributed by atoms with Crippen LogP contribution in [0.3, 0.4) is 0 Å². The van der Waals surface area contributed by atoms with Crippen LogP contribution in [0.1, 0.15) is 27.3 Å². The summed E-state index contributed by atoms with van der Waals surface area (Å²) in [5.74, 6) is -3.21. The van der Waals surface area contributed by atoms with Crippen LogP contribution in [0.4, 0.5) is 35.1 Å². The molecule has 3 rings (SSSR count). The van der Waals surface area contributed by atoms with E-state index >= 15 is 0 Å². The molecule has 0 N–H and O–H groups in total. The SMILES string of the molecule is Fc1cc(Br)cc(C(F)(F)F)c1.O=C(c1cc(F)cc(C(F)(F)F)c1)c1ncccn1. The van der Waals surface area contributed by atoms with E-state index in [2.05, 4.69) is 25.9 Å². The van der Waals surface area contributed by atoms with E-state index in [1.165, 1.54) is 18.5 Å². The molecule has 0 amide bonds. The molecule has 0 spiro atoms. The van der Waals surface area contributed by atoms with Gasteiger partial charge in [0.05, 0.1) is 11.1 Å². The van der Waals surface area contributed by atoms with E-state index in [0.29, 0.717) is 24.3 Å². The summed E-state index contributed by atoms with van der Waals surface area (Å²) in [6, 6.07) is 5.30. The van der Waals surface area contributed by atoms with Gasteiger partial charge in [-0.15, -0.1) is 0 Å². The van der Waals surface area contributed by atoms with Gasteiger partial charge >= 0.3 is 12.4 Å². The van der Waals surface area contributed by atoms with Crippen LogP contribution in [-0.2, 0) is 12.4 Å². The molecule has 1 heterocycles. The summed E-state index contributed by atoms with van der Waals surface area (Å²) in [6.45, 7) is 0. The van der Waals surface area contributed by atoms with Crippen LogP contribution in [0.15, 0.2) is 59.3 Å². The third-order valence-corrected chi connectivity index (χ3v) is 3.90. The van der Waals surface area contributed by atoms with Gasteiger partial charge in [-0.2, -0.15) is 26.3 Å². The lowest BCUT2D eigenvalue weighted by atomic mass is 10.1. The minimum Gasteiger partial charge on any atom is -0.285 e. The van der Waals surface area contributed by atoms with Crippen molar-refractivity contribution in [1.29, 1.82) is 0 Å². The average molecular weight is 513 g/mol. The maximum absolute atomic E-state index is 13.1. The summed E-state index contributed by atoms with van der Waals surface area (Å²) in [6.07, 6.45) is -6.69. The van der Waals surface area contributed by atoms with E-state index in [-0.39, 0.29) is 10.3 Å². The molecule has 0 fully saturated rings. The number of halogens is 9. The molecule has 0 atom stereocenters. The fourth-order valence-electron chi connectivity index (χ4n) is 2.15. The number of carbonyl (C=O) groups excluding carboxylic acids is 1. The number of ketones is 1. The average Bonchev–Trinajstić information content (AvgIpc) is 2.66. The van der Waals surface area contributed by atoms with Crippen molar-refractivity contribution < 1.29 is 39.9 Å². The Morgan fingerprint density at radius 1 is 0.742 bits per heavy atom. The smallest absolute Gasteiger partial charge is 0.285 e. The van der Waals surface area contributed by atoms with E-state index in [1.54, 1.807) is 0 Å². The number of hydrogen-bond donors (Lipinski definition) is 0. The topological polar surface area (TPSA) is 42.9 Å². The van der Waals surface area contributed by atoms with E-state index in [9.17, 15) is 39.9 Å². The predicted molar refractivity (Wildman–Crippen MR) is 96.0 cm³/mol. The number of aromatic nitrogens is 2. The van der Waals surface area contributed by atoms with Crippen molar-refractivity contribution >= 4 is 21.7 Å². The molecule has 1 aromatic heterocycles. The van der Waals surface area contributed by atoms with E-state index in [0.717, 1.165) is 12.1 Å². The molecular formula is C19H9BrF8N2O. The molecule has 31 heavy (non-hydrogen) atoms. The third-order valence-electron chi connectivity index (χ3n) is 3.45. The molecule has 164 valence electrons. The van der Waals surface area contributed by atoms with Gasteiger partial charge < -0.3 is 0 Å². The van der Waals surface area contributed by atoms with Gasteiger partial charge in [-0.05, 0) is 42.5 Å². The molecule has 0 saturated heterocycles. The van der Waals surface area contributed by atoms with Gasteiger partial charge in [-0.1, -0.05) is 15.9 Å². The highest BCUT2D eigenvalue weighted by Crippen LogP contribution is 2.32. The second-order valence-corrected chi connectivity index (χ2v) is 6.70. The van der Waals surface area contributed by atoms with Crippen LogP contribution in [0, 0.1) is 11.6 Å². The lowest BCUT2D eigenvalue weighted by Crippen LogP contribution is -2.11. The number of rotatable bonds is 2.